The summed E-state index contributed by atoms with van der Waals surface area (Å²) in [6.07, 6.45) is 23.5. The topological polar surface area (TPSA) is 120 Å². The van der Waals surface area contributed by atoms with Crippen LogP contribution in [-0.2, 0) is 19.6 Å². The third kappa shape index (κ3) is 13.0. The Morgan fingerprint density at radius 3 is 2.04 bits per heavy atom. The third-order valence-corrected chi connectivity index (χ3v) is 11.4. The summed E-state index contributed by atoms with van der Waals surface area (Å²) in [4.78, 5) is 14.3. The average molecular weight is 714 g/mol. The van der Waals surface area contributed by atoms with Gasteiger partial charge in [-0.2, -0.15) is 0 Å². The molecule has 10 heteroatoms. The lowest BCUT2D eigenvalue weighted by Crippen LogP contribution is -2.37. The standard InChI is InChI=1S/C40H63N3O6S/c1-3-4-5-6-7-8-9-10-11-12-13-14-15-19-26-48-38-31-39(49-32(2)44)36(30-35(38)33-20-17-16-18-21-33)42-50(45,46)40-29-34(41)22-23-37(40)43-24-27-47-28-25-43/h22-23,29-31,33,42H,3-21,24-28,41H2,1-2H3. The Labute approximate surface area is 302 Å². The molecule has 0 spiro atoms. The molecule has 0 unspecified atom stereocenters. The van der Waals surface area contributed by atoms with Crippen LogP contribution >= 0.6 is 0 Å². The number of esters is 1. The monoisotopic (exact) mass is 713 g/mol. The van der Waals surface area contributed by atoms with Gasteiger partial charge in [0.25, 0.3) is 10.0 Å². The number of rotatable bonds is 22. The highest BCUT2D eigenvalue weighted by Crippen LogP contribution is 2.43. The minimum atomic E-state index is -4.12. The van der Waals surface area contributed by atoms with Crippen molar-refractivity contribution in [1.82, 2.24) is 0 Å². The van der Waals surface area contributed by atoms with Crippen LogP contribution < -0.4 is 24.8 Å². The average Bonchev–Trinajstić information content (AvgIpc) is 3.11. The Balaban J connectivity index is 1.40. The second-order valence-corrected chi connectivity index (χ2v) is 15.8. The first-order chi connectivity index (χ1) is 24.3. The molecule has 1 saturated carbocycles. The summed E-state index contributed by atoms with van der Waals surface area (Å²) < 4.78 is 48.4. The summed E-state index contributed by atoms with van der Waals surface area (Å²) in [6, 6.07) is 8.46. The SMILES string of the molecule is CCCCCCCCCCCCCCCCOc1cc(OC(C)=O)c(NS(=O)(=O)c2cc(N)ccc2N2CCOCC2)cc1C1CCCCC1. The van der Waals surface area contributed by atoms with E-state index in [-0.39, 0.29) is 22.3 Å². The van der Waals surface area contributed by atoms with Gasteiger partial charge in [-0.25, -0.2) is 8.42 Å². The van der Waals surface area contributed by atoms with Crippen molar-refractivity contribution in [3.05, 3.63) is 35.9 Å². The molecule has 0 atom stereocenters. The van der Waals surface area contributed by atoms with E-state index in [1.807, 2.05) is 11.0 Å². The first-order valence-electron chi connectivity index (χ1n) is 19.5. The zero-order valence-corrected chi connectivity index (χ0v) is 31.6. The molecule has 3 N–H and O–H groups in total. The first-order valence-corrected chi connectivity index (χ1v) is 21.0. The quantitative estimate of drug-likeness (QED) is 0.0536. The third-order valence-electron chi connectivity index (χ3n) is 10.0. The largest absolute Gasteiger partial charge is 0.493 e. The lowest BCUT2D eigenvalue weighted by Gasteiger charge is -2.30. The Bertz CT molecular complexity index is 1420. The van der Waals surface area contributed by atoms with E-state index in [0.717, 1.165) is 44.1 Å². The highest BCUT2D eigenvalue weighted by molar-refractivity contribution is 7.93. The van der Waals surface area contributed by atoms with Crippen LogP contribution in [0.4, 0.5) is 17.1 Å². The Morgan fingerprint density at radius 2 is 1.44 bits per heavy atom. The molecule has 0 radical (unpaired) electrons. The smallest absolute Gasteiger partial charge is 0.308 e. The lowest BCUT2D eigenvalue weighted by molar-refractivity contribution is -0.131. The molecule has 280 valence electrons. The van der Waals surface area contributed by atoms with Gasteiger partial charge in [-0.3, -0.25) is 9.52 Å². The number of hydrogen-bond donors (Lipinski definition) is 2. The van der Waals surface area contributed by atoms with Crippen molar-refractivity contribution >= 4 is 33.1 Å². The van der Waals surface area contributed by atoms with Crippen molar-refractivity contribution in [3.63, 3.8) is 0 Å². The van der Waals surface area contributed by atoms with E-state index in [4.69, 9.17) is 19.9 Å². The maximum atomic E-state index is 14.1. The zero-order valence-electron chi connectivity index (χ0n) is 30.8. The van der Waals surface area contributed by atoms with Crippen molar-refractivity contribution in [2.24, 2.45) is 0 Å². The molecule has 9 nitrogen and oxygen atoms in total. The van der Waals surface area contributed by atoms with Crippen LogP contribution in [0.2, 0.25) is 0 Å². The predicted molar refractivity (Wildman–Crippen MR) is 204 cm³/mol. The van der Waals surface area contributed by atoms with E-state index >= 15 is 0 Å². The van der Waals surface area contributed by atoms with Crippen molar-refractivity contribution in [1.29, 1.82) is 0 Å². The van der Waals surface area contributed by atoms with Crippen LogP contribution in [0.25, 0.3) is 0 Å². The zero-order chi connectivity index (χ0) is 35.6. The number of nitrogens with zero attached hydrogens (tertiary/aromatic N) is 1. The fourth-order valence-corrected chi connectivity index (χ4v) is 8.57. The minimum Gasteiger partial charge on any atom is -0.493 e. The van der Waals surface area contributed by atoms with Gasteiger partial charge in [0.1, 0.15) is 10.6 Å². The number of unbranched alkanes of at least 4 members (excludes halogenated alkanes) is 13. The number of nitrogens with two attached hydrogens (primary N) is 1. The Kier molecular flexibility index (Phi) is 17.0. The minimum absolute atomic E-state index is 0.0746. The molecule has 1 heterocycles. The molecule has 0 bridgehead atoms. The lowest BCUT2D eigenvalue weighted by atomic mass is 9.83. The number of anilines is 3. The maximum absolute atomic E-state index is 14.1. The summed E-state index contributed by atoms with van der Waals surface area (Å²) >= 11 is 0. The molecule has 2 aromatic rings. The molecule has 1 saturated heterocycles. The van der Waals surface area contributed by atoms with Gasteiger partial charge >= 0.3 is 5.97 Å². The van der Waals surface area contributed by atoms with Crippen molar-refractivity contribution in [2.45, 2.75) is 147 Å². The number of carbonyl (C=O) groups is 1. The van der Waals surface area contributed by atoms with Gasteiger partial charge in [0.05, 0.1) is 31.2 Å². The van der Waals surface area contributed by atoms with E-state index in [1.165, 1.54) is 96.5 Å². The number of benzene rings is 2. The van der Waals surface area contributed by atoms with Crippen molar-refractivity contribution < 1.29 is 27.4 Å². The van der Waals surface area contributed by atoms with Crippen LogP contribution in [0.3, 0.4) is 0 Å². The fourth-order valence-electron chi connectivity index (χ4n) is 7.24. The summed E-state index contributed by atoms with van der Waals surface area (Å²) in [5, 5.41) is 0. The van der Waals surface area contributed by atoms with Crippen LogP contribution in [0.5, 0.6) is 11.5 Å². The molecule has 2 aromatic carbocycles. The molecular weight excluding hydrogens is 651 g/mol. The second-order valence-electron chi connectivity index (χ2n) is 14.2. The molecule has 50 heavy (non-hydrogen) atoms. The van der Waals surface area contributed by atoms with Gasteiger partial charge in [-0.05, 0) is 55.0 Å². The predicted octanol–water partition coefficient (Wildman–Crippen LogP) is 9.74. The molecule has 1 aliphatic carbocycles. The van der Waals surface area contributed by atoms with Gasteiger partial charge in [0.2, 0.25) is 0 Å². The normalized spacial score (nSPS) is 15.6. The number of nitrogens with one attached hydrogen (secondary N) is 1. The molecular formula is C40H63N3O6S. The summed E-state index contributed by atoms with van der Waals surface area (Å²) in [7, 11) is -4.12. The highest BCUT2D eigenvalue weighted by Gasteiger charge is 2.28. The van der Waals surface area contributed by atoms with Gasteiger partial charge in [-0.15, -0.1) is 0 Å². The van der Waals surface area contributed by atoms with Crippen LogP contribution in [-0.4, -0.2) is 47.3 Å². The maximum Gasteiger partial charge on any atom is 0.308 e. The highest BCUT2D eigenvalue weighted by atomic mass is 32.2. The summed E-state index contributed by atoms with van der Waals surface area (Å²) in [6.45, 7) is 6.32. The number of nitrogen functional groups attached to an aromatic ring is 1. The molecule has 1 aliphatic heterocycles. The van der Waals surface area contributed by atoms with Crippen molar-refractivity contribution in [3.8, 4) is 11.5 Å². The molecule has 0 aromatic heterocycles. The fraction of sp³-hybridized carbons (Fsp3) is 0.675. The van der Waals surface area contributed by atoms with Gasteiger partial charge in [0, 0.05) is 31.8 Å². The van der Waals surface area contributed by atoms with Gasteiger partial charge in [-0.1, -0.05) is 110 Å². The van der Waals surface area contributed by atoms with E-state index in [2.05, 4.69) is 11.6 Å². The van der Waals surface area contributed by atoms with E-state index in [0.29, 0.717) is 50.0 Å². The molecule has 2 fully saturated rings. The Hall–Kier alpha value is -2.98. The van der Waals surface area contributed by atoms with Crippen LogP contribution in [0, 0.1) is 0 Å². The van der Waals surface area contributed by atoms with Gasteiger partial charge < -0.3 is 24.8 Å². The number of hydrogen-bond acceptors (Lipinski definition) is 8. The molecule has 2 aliphatic rings. The summed E-state index contributed by atoms with van der Waals surface area (Å²) in [5.41, 5.74) is 8.18. The number of morpholine rings is 1. The van der Waals surface area contributed by atoms with E-state index < -0.39 is 16.0 Å². The van der Waals surface area contributed by atoms with Gasteiger partial charge in [0.15, 0.2) is 5.75 Å². The van der Waals surface area contributed by atoms with Crippen molar-refractivity contribution in [2.75, 3.05) is 48.3 Å². The second kappa shape index (κ2) is 21.4. The number of sulfonamides is 1. The van der Waals surface area contributed by atoms with Crippen LogP contribution in [0.15, 0.2) is 35.2 Å². The Morgan fingerprint density at radius 1 is 0.840 bits per heavy atom. The molecule has 4 rings (SSSR count). The van der Waals surface area contributed by atoms with E-state index in [9.17, 15) is 13.2 Å². The van der Waals surface area contributed by atoms with Crippen LogP contribution in [0.1, 0.15) is 147 Å². The number of carbonyl (C=O) groups excluding carboxylic acids is 1. The van der Waals surface area contributed by atoms with E-state index in [1.54, 1.807) is 18.2 Å². The molecule has 0 amide bonds. The summed E-state index contributed by atoms with van der Waals surface area (Å²) in [5.74, 6) is 0.505. The first kappa shape index (κ1) is 39.8. The number of ether oxygens (including phenoxy) is 3.